The van der Waals surface area contributed by atoms with Crippen LogP contribution in [0.25, 0.3) is 5.69 Å². The lowest BCUT2D eigenvalue weighted by molar-refractivity contribution is 0.0918. The summed E-state index contributed by atoms with van der Waals surface area (Å²) < 4.78 is 29.9. The Morgan fingerprint density at radius 2 is 1.93 bits per heavy atom. The number of nitrogens with one attached hydrogen (secondary N) is 1. The Hall–Kier alpha value is -2.62. The van der Waals surface area contributed by atoms with Gasteiger partial charge in [0.1, 0.15) is 11.6 Å². The van der Waals surface area contributed by atoms with Crippen LogP contribution in [0.1, 0.15) is 36.8 Å². The number of benzene rings is 1. The van der Waals surface area contributed by atoms with E-state index in [1.165, 1.54) is 12.1 Å². The second kappa shape index (κ2) is 8.02. The molecule has 1 fully saturated rings. The first-order valence-electron chi connectivity index (χ1n) is 9.53. The van der Waals surface area contributed by atoms with Gasteiger partial charge in [-0.1, -0.05) is 18.2 Å². The fraction of sp³-hybridized carbons (Fsp3) is 0.350. The fourth-order valence-corrected chi connectivity index (χ4v) is 5.05. The molecule has 0 radical (unpaired) electrons. The third-order valence-corrected chi connectivity index (χ3v) is 6.67. The molecule has 2 heterocycles. The zero-order valence-electron chi connectivity index (χ0n) is 16.0. The number of aliphatic hydroxyl groups excluding tert-OH is 1. The van der Waals surface area contributed by atoms with Crippen molar-refractivity contribution in [3.05, 3.63) is 66.5 Å². The predicted octanol–water partition coefficient (Wildman–Crippen LogP) is 1.95. The van der Waals surface area contributed by atoms with E-state index in [2.05, 4.69) is 19.8 Å². The third kappa shape index (κ3) is 4.21. The SMILES string of the molecule is Cc1nc([C@H]2CC[C@@H](O)[C@H](NS(=O)(=O)c3ccccc3)C2)n(-c2cccnc2)n1. The minimum Gasteiger partial charge on any atom is -0.391 e. The van der Waals surface area contributed by atoms with Crippen LogP contribution in [0.5, 0.6) is 0 Å². The molecule has 0 unspecified atom stereocenters. The molecule has 1 saturated carbocycles. The fourth-order valence-electron chi connectivity index (χ4n) is 3.75. The van der Waals surface area contributed by atoms with Crippen LogP contribution in [0.3, 0.4) is 0 Å². The molecule has 2 N–H and O–H groups in total. The molecule has 0 aliphatic heterocycles. The van der Waals surface area contributed by atoms with Gasteiger partial charge < -0.3 is 5.11 Å². The molecule has 8 nitrogen and oxygen atoms in total. The molecule has 0 amide bonds. The quantitative estimate of drug-likeness (QED) is 0.662. The number of aromatic nitrogens is 4. The van der Waals surface area contributed by atoms with Gasteiger partial charge in [0, 0.05) is 18.2 Å². The van der Waals surface area contributed by atoms with E-state index >= 15 is 0 Å². The van der Waals surface area contributed by atoms with Gasteiger partial charge in [-0.25, -0.2) is 22.8 Å². The van der Waals surface area contributed by atoms with Gasteiger partial charge in [-0.2, -0.15) is 5.10 Å². The van der Waals surface area contributed by atoms with Crippen LogP contribution >= 0.6 is 0 Å². The molecule has 1 aromatic carbocycles. The topological polar surface area (TPSA) is 110 Å². The van der Waals surface area contributed by atoms with E-state index < -0.39 is 22.2 Å². The summed E-state index contributed by atoms with van der Waals surface area (Å²) in [7, 11) is -3.72. The highest BCUT2D eigenvalue weighted by atomic mass is 32.2. The first-order chi connectivity index (χ1) is 13.9. The largest absolute Gasteiger partial charge is 0.391 e. The molecular weight excluding hydrogens is 390 g/mol. The van der Waals surface area contributed by atoms with Crippen molar-refractivity contribution in [2.45, 2.75) is 49.1 Å². The highest BCUT2D eigenvalue weighted by Crippen LogP contribution is 2.34. The lowest BCUT2D eigenvalue weighted by atomic mass is 9.83. The maximum absolute atomic E-state index is 12.7. The van der Waals surface area contributed by atoms with Gasteiger partial charge in [-0.3, -0.25) is 4.98 Å². The Morgan fingerprint density at radius 1 is 1.14 bits per heavy atom. The molecular formula is C20H23N5O3S. The normalized spacial score (nSPS) is 22.5. The monoisotopic (exact) mass is 413 g/mol. The Kier molecular flexibility index (Phi) is 5.44. The maximum atomic E-state index is 12.7. The van der Waals surface area contributed by atoms with Crippen molar-refractivity contribution in [3.8, 4) is 5.69 Å². The van der Waals surface area contributed by atoms with Gasteiger partial charge in [-0.15, -0.1) is 0 Å². The number of sulfonamides is 1. The standard InChI is InChI=1S/C20H23N5O3S/c1-14-22-20(25(23-14)16-6-5-11-21-13-16)15-9-10-19(26)18(12-15)24-29(27,28)17-7-3-2-4-8-17/h2-8,11,13,15,18-19,24,26H,9-10,12H2,1H3/t15-,18+,19+/m0/s1. The number of hydrogen-bond acceptors (Lipinski definition) is 6. The summed E-state index contributed by atoms with van der Waals surface area (Å²) in [6.45, 7) is 1.82. The highest BCUT2D eigenvalue weighted by molar-refractivity contribution is 7.89. The highest BCUT2D eigenvalue weighted by Gasteiger charge is 2.35. The zero-order chi connectivity index (χ0) is 20.4. The molecule has 9 heteroatoms. The Morgan fingerprint density at radius 3 is 2.66 bits per heavy atom. The van der Waals surface area contributed by atoms with Crippen molar-refractivity contribution in [2.75, 3.05) is 0 Å². The van der Waals surface area contributed by atoms with Crippen molar-refractivity contribution in [1.29, 1.82) is 0 Å². The van der Waals surface area contributed by atoms with Crippen molar-refractivity contribution in [1.82, 2.24) is 24.5 Å². The molecule has 3 atom stereocenters. The Bertz CT molecular complexity index is 1070. The summed E-state index contributed by atoms with van der Waals surface area (Å²) in [5, 5.41) is 14.9. The second-order valence-electron chi connectivity index (χ2n) is 7.26. The molecule has 2 aromatic heterocycles. The summed E-state index contributed by atoms with van der Waals surface area (Å²) >= 11 is 0. The molecule has 29 heavy (non-hydrogen) atoms. The van der Waals surface area contributed by atoms with E-state index in [4.69, 9.17) is 0 Å². The van der Waals surface area contributed by atoms with Crippen molar-refractivity contribution < 1.29 is 13.5 Å². The molecule has 3 aromatic rings. The number of rotatable bonds is 5. The second-order valence-corrected chi connectivity index (χ2v) is 8.97. The average molecular weight is 414 g/mol. The van der Waals surface area contributed by atoms with Crippen molar-refractivity contribution >= 4 is 10.0 Å². The van der Waals surface area contributed by atoms with Crippen LogP contribution in [-0.4, -0.2) is 45.4 Å². The Balaban J connectivity index is 1.59. The first-order valence-corrected chi connectivity index (χ1v) is 11.0. The lowest BCUT2D eigenvalue weighted by Crippen LogP contribution is -2.46. The third-order valence-electron chi connectivity index (χ3n) is 5.17. The van der Waals surface area contributed by atoms with Gasteiger partial charge in [0.2, 0.25) is 10.0 Å². The van der Waals surface area contributed by atoms with Gasteiger partial charge in [-0.05, 0) is 50.5 Å². The lowest BCUT2D eigenvalue weighted by Gasteiger charge is -2.33. The summed E-state index contributed by atoms with van der Waals surface area (Å²) in [5.41, 5.74) is 0.802. The van der Waals surface area contributed by atoms with E-state index in [1.54, 1.807) is 35.3 Å². The number of hydrogen-bond donors (Lipinski definition) is 2. The summed E-state index contributed by atoms with van der Waals surface area (Å²) in [6.07, 6.45) is 4.27. The van der Waals surface area contributed by atoms with Gasteiger partial charge in [0.15, 0.2) is 0 Å². The maximum Gasteiger partial charge on any atom is 0.240 e. The summed E-state index contributed by atoms with van der Waals surface area (Å²) in [4.78, 5) is 8.92. The molecule has 1 aliphatic rings. The van der Waals surface area contributed by atoms with Gasteiger partial charge in [0.25, 0.3) is 0 Å². The molecule has 152 valence electrons. The van der Waals surface area contributed by atoms with Crippen LogP contribution in [0.15, 0.2) is 59.8 Å². The van der Waals surface area contributed by atoms with Crippen molar-refractivity contribution in [3.63, 3.8) is 0 Å². The minimum absolute atomic E-state index is 0.0386. The first kappa shape index (κ1) is 19.7. The average Bonchev–Trinajstić information content (AvgIpc) is 3.12. The minimum atomic E-state index is -3.72. The molecule has 1 aliphatic carbocycles. The van der Waals surface area contributed by atoms with Crippen LogP contribution in [0, 0.1) is 6.92 Å². The smallest absolute Gasteiger partial charge is 0.240 e. The molecule has 0 saturated heterocycles. The van der Waals surface area contributed by atoms with Crippen molar-refractivity contribution in [2.24, 2.45) is 0 Å². The van der Waals surface area contributed by atoms with Crippen LogP contribution < -0.4 is 4.72 Å². The number of pyridine rings is 1. The van der Waals surface area contributed by atoms with E-state index in [9.17, 15) is 13.5 Å². The summed E-state index contributed by atoms with van der Waals surface area (Å²) in [5.74, 6) is 1.35. The Labute approximate surface area is 169 Å². The molecule has 0 bridgehead atoms. The van der Waals surface area contributed by atoms with Gasteiger partial charge in [0.05, 0.1) is 22.9 Å². The zero-order valence-corrected chi connectivity index (χ0v) is 16.8. The van der Waals surface area contributed by atoms with E-state index in [0.29, 0.717) is 25.1 Å². The molecule has 4 rings (SSSR count). The van der Waals surface area contributed by atoms with Crippen LogP contribution in [0.4, 0.5) is 0 Å². The number of nitrogens with zero attached hydrogens (tertiary/aromatic N) is 4. The van der Waals surface area contributed by atoms with Gasteiger partial charge >= 0.3 is 0 Å². The predicted molar refractivity (Wildman–Crippen MR) is 107 cm³/mol. The van der Waals surface area contributed by atoms with E-state index in [0.717, 1.165) is 11.5 Å². The van der Waals surface area contributed by atoms with E-state index in [1.807, 2.05) is 19.1 Å². The summed E-state index contributed by atoms with van der Waals surface area (Å²) in [6, 6.07) is 11.3. The number of aliphatic hydroxyl groups is 1. The van der Waals surface area contributed by atoms with Crippen LogP contribution in [0.2, 0.25) is 0 Å². The number of aryl methyl sites for hydroxylation is 1. The molecule has 0 spiro atoms. The van der Waals surface area contributed by atoms with E-state index in [-0.39, 0.29) is 10.8 Å². The van der Waals surface area contributed by atoms with Crippen LogP contribution in [-0.2, 0) is 10.0 Å².